The number of thioether (sulfide) groups is 1. The first-order valence-corrected chi connectivity index (χ1v) is 19.8. The number of halogens is 2. The fourth-order valence-corrected chi connectivity index (χ4v) is 7.64. The number of amidine groups is 1. The highest BCUT2D eigenvalue weighted by molar-refractivity contribution is 8.14. The molecule has 6 rings (SSSR count). The predicted molar refractivity (Wildman–Crippen MR) is 232 cm³/mol. The van der Waals surface area contributed by atoms with Gasteiger partial charge in [0.1, 0.15) is 17.9 Å². The zero-order valence-corrected chi connectivity index (χ0v) is 33.9. The maximum absolute atomic E-state index is 14.3. The lowest BCUT2D eigenvalue weighted by atomic mass is 9.99. The first kappa shape index (κ1) is 40.8. The van der Waals surface area contributed by atoms with E-state index in [1.54, 1.807) is 49.4 Å². The van der Waals surface area contributed by atoms with Gasteiger partial charge in [0, 0.05) is 38.4 Å². The third-order valence-corrected chi connectivity index (χ3v) is 10.7. The summed E-state index contributed by atoms with van der Waals surface area (Å²) in [4.78, 5) is 47.3. The van der Waals surface area contributed by atoms with Gasteiger partial charge in [-0.1, -0.05) is 127 Å². The van der Waals surface area contributed by atoms with Crippen molar-refractivity contribution in [2.75, 3.05) is 5.75 Å². The molecule has 4 aromatic carbocycles. The Morgan fingerprint density at radius 1 is 0.930 bits per heavy atom. The second-order valence-electron chi connectivity index (χ2n) is 13.0. The Balaban J connectivity index is 1.23. The average molecular weight is 816 g/mol. The molecule has 3 amide bonds. The van der Waals surface area contributed by atoms with Crippen molar-refractivity contribution in [2.24, 2.45) is 4.99 Å². The largest absolute Gasteiger partial charge is 0.489 e. The van der Waals surface area contributed by atoms with Crippen LogP contribution in [-0.4, -0.2) is 38.1 Å². The molecule has 0 bridgehead atoms. The molecule has 288 valence electrons. The summed E-state index contributed by atoms with van der Waals surface area (Å²) >= 11 is 13.4. The van der Waals surface area contributed by atoms with E-state index in [0.717, 1.165) is 45.5 Å². The number of hydrogen-bond donors (Lipinski definition) is 1. The number of amides is 3. The molecule has 2 heterocycles. The quantitative estimate of drug-likeness (QED) is 0.0726. The lowest BCUT2D eigenvalue weighted by Crippen LogP contribution is -2.42. The summed E-state index contributed by atoms with van der Waals surface area (Å²) in [6, 6.07) is 33.8. The van der Waals surface area contributed by atoms with E-state index in [-0.39, 0.29) is 29.0 Å². The number of carbonyl (C=O) groups is 3. The number of rotatable bonds is 13. The molecule has 1 aliphatic rings. The van der Waals surface area contributed by atoms with E-state index in [1.807, 2.05) is 115 Å². The van der Waals surface area contributed by atoms with E-state index in [0.29, 0.717) is 27.1 Å². The summed E-state index contributed by atoms with van der Waals surface area (Å²) in [6.07, 6.45) is 8.31. The number of aliphatic imine (C=N–C) groups is 1. The van der Waals surface area contributed by atoms with E-state index < -0.39 is 17.9 Å². The second-order valence-corrected chi connectivity index (χ2v) is 14.8. The summed E-state index contributed by atoms with van der Waals surface area (Å²) in [7, 11) is 0. The molecule has 0 unspecified atom stereocenters. The van der Waals surface area contributed by atoms with Gasteiger partial charge in [0.15, 0.2) is 5.17 Å². The molecule has 1 N–H and O–H groups in total. The fourth-order valence-electron chi connectivity index (χ4n) is 6.37. The smallest absolute Gasteiger partial charge is 0.285 e. The summed E-state index contributed by atoms with van der Waals surface area (Å²) in [5, 5.41) is 4.31. The first-order valence-electron chi connectivity index (χ1n) is 18.1. The van der Waals surface area contributed by atoms with Gasteiger partial charge in [0.2, 0.25) is 5.91 Å². The van der Waals surface area contributed by atoms with E-state index in [4.69, 9.17) is 27.9 Å². The molecule has 0 saturated heterocycles. The molecule has 0 radical (unpaired) electrons. The Kier molecular flexibility index (Phi) is 13.5. The monoisotopic (exact) mass is 814 g/mol. The number of carbonyl (C=O) groups excluding carboxylic acids is 3. The lowest BCUT2D eigenvalue weighted by molar-refractivity contribution is -0.126. The number of aryl methyl sites for hydroxylation is 1. The van der Waals surface area contributed by atoms with Crippen LogP contribution >= 0.6 is 35.0 Å². The van der Waals surface area contributed by atoms with Crippen LogP contribution in [0.25, 0.3) is 11.8 Å². The van der Waals surface area contributed by atoms with Crippen molar-refractivity contribution in [3.05, 3.63) is 195 Å². The van der Waals surface area contributed by atoms with Crippen LogP contribution in [0.15, 0.2) is 156 Å². The Morgan fingerprint density at radius 2 is 1.60 bits per heavy atom. The minimum Gasteiger partial charge on any atom is -0.489 e. The zero-order valence-electron chi connectivity index (χ0n) is 31.6. The Bertz CT molecular complexity index is 2380. The number of allylic oxidation sites excluding steroid dienone is 4. The van der Waals surface area contributed by atoms with Crippen LogP contribution in [0.2, 0.25) is 10.0 Å². The standard InChI is InChI=1S/C46H40Cl2N4O4S/c1-5-7-18-37(6-2)52-45(55)40(44(54)50-46(52)57-29-42(53)49-43(32-14-10-8-11-15-32)33-16-12-9-13-17-33)26-35-25-30(3)51(31(35)4)38-21-23-39(24-22-38)56-28-34-19-20-36(47)27-41(34)48/h5-27,43H,1,28-29H2,2-4H3,(H,49,53)/b18-7-,37-6+,40-26+. The van der Waals surface area contributed by atoms with Gasteiger partial charge in [-0.15, -0.1) is 0 Å². The number of ether oxygens (including phenoxy) is 1. The van der Waals surface area contributed by atoms with Crippen molar-refractivity contribution in [2.45, 2.75) is 33.4 Å². The first-order chi connectivity index (χ1) is 27.6. The van der Waals surface area contributed by atoms with Crippen LogP contribution in [0.4, 0.5) is 0 Å². The topological polar surface area (TPSA) is 93.0 Å². The Hall–Kier alpha value is -5.87. The third kappa shape index (κ3) is 9.75. The van der Waals surface area contributed by atoms with Gasteiger partial charge in [-0.25, -0.2) is 0 Å². The highest BCUT2D eigenvalue weighted by atomic mass is 35.5. The van der Waals surface area contributed by atoms with Crippen molar-refractivity contribution < 1.29 is 19.1 Å². The molecule has 1 aromatic heterocycles. The molecule has 0 atom stereocenters. The molecule has 0 aliphatic carbocycles. The molecule has 11 heteroatoms. The highest BCUT2D eigenvalue weighted by Crippen LogP contribution is 2.30. The Labute approximate surface area is 346 Å². The highest BCUT2D eigenvalue weighted by Gasteiger charge is 2.35. The lowest BCUT2D eigenvalue weighted by Gasteiger charge is -2.28. The van der Waals surface area contributed by atoms with Crippen molar-refractivity contribution >= 4 is 63.9 Å². The number of aromatic nitrogens is 1. The molecule has 0 fully saturated rings. The summed E-state index contributed by atoms with van der Waals surface area (Å²) in [6.45, 7) is 9.70. The van der Waals surface area contributed by atoms with E-state index in [2.05, 4.69) is 16.9 Å². The van der Waals surface area contributed by atoms with Gasteiger partial charge in [-0.05, 0) is 92.1 Å². The Morgan fingerprint density at radius 3 is 2.21 bits per heavy atom. The SMILES string of the molecule is C=C/C=C\C(=C/C)N1C(=O)/C(=C/c2cc(C)n(-c3ccc(OCc4ccc(Cl)cc4Cl)cc3)c2C)C(=O)N=C1SCC(=O)NC(c1ccccc1)c1ccccc1. The molecule has 57 heavy (non-hydrogen) atoms. The molecular formula is C46H40Cl2N4O4S. The maximum Gasteiger partial charge on any atom is 0.285 e. The molecule has 0 spiro atoms. The van der Waals surface area contributed by atoms with E-state index in [9.17, 15) is 14.4 Å². The molecular weight excluding hydrogens is 776 g/mol. The molecule has 0 saturated carbocycles. The number of benzene rings is 4. The van der Waals surface area contributed by atoms with E-state index in [1.165, 1.54) is 4.90 Å². The van der Waals surface area contributed by atoms with Gasteiger partial charge < -0.3 is 14.6 Å². The molecule has 1 aliphatic heterocycles. The van der Waals surface area contributed by atoms with Crippen LogP contribution in [0, 0.1) is 13.8 Å². The van der Waals surface area contributed by atoms with Gasteiger partial charge in [0.25, 0.3) is 11.8 Å². The van der Waals surface area contributed by atoms with Gasteiger partial charge >= 0.3 is 0 Å². The van der Waals surface area contributed by atoms with Gasteiger partial charge in [-0.2, -0.15) is 4.99 Å². The van der Waals surface area contributed by atoms with Crippen LogP contribution < -0.4 is 10.1 Å². The zero-order chi connectivity index (χ0) is 40.5. The summed E-state index contributed by atoms with van der Waals surface area (Å²) in [5.74, 6) is -0.968. The van der Waals surface area contributed by atoms with Crippen molar-refractivity contribution in [1.29, 1.82) is 0 Å². The normalized spacial score (nSPS) is 14.1. The number of hydrogen-bond acceptors (Lipinski definition) is 5. The van der Waals surface area contributed by atoms with E-state index >= 15 is 0 Å². The minimum atomic E-state index is -0.694. The van der Waals surface area contributed by atoms with Crippen LogP contribution in [0.1, 0.15) is 46.6 Å². The summed E-state index contributed by atoms with van der Waals surface area (Å²) < 4.78 is 8.01. The minimum absolute atomic E-state index is 0.0901. The summed E-state index contributed by atoms with van der Waals surface area (Å²) in [5.41, 5.74) is 6.30. The molecule has 8 nitrogen and oxygen atoms in total. The number of nitrogens with one attached hydrogen (secondary N) is 1. The van der Waals surface area contributed by atoms with Gasteiger partial charge in [0.05, 0.1) is 11.8 Å². The molecule has 5 aromatic rings. The van der Waals surface area contributed by atoms with Crippen LogP contribution in [0.3, 0.4) is 0 Å². The van der Waals surface area contributed by atoms with Crippen LogP contribution in [0.5, 0.6) is 5.75 Å². The maximum atomic E-state index is 14.3. The van der Waals surface area contributed by atoms with Gasteiger partial charge in [-0.3, -0.25) is 19.3 Å². The second kappa shape index (κ2) is 18.8. The van der Waals surface area contributed by atoms with Crippen molar-refractivity contribution in [3.63, 3.8) is 0 Å². The van der Waals surface area contributed by atoms with Crippen molar-refractivity contribution in [1.82, 2.24) is 14.8 Å². The van der Waals surface area contributed by atoms with Crippen LogP contribution in [-0.2, 0) is 21.0 Å². The predicted octanol–water partition coefficient (Wildman–Crippen LogP) is 10.4. The van der Waals surface area contributed by atoms with Crippen molar-refractivity contribution in [3.8, 4) is 11.4 Å². The fraction of sp³-hybridized carbons (Fsp3) is 0.130. The average Bonchev–Trinajstić information content (AvgIpc) is 3.50. The third-order valence-electron chi connectivity index (χ3n) is 9.19. The number of nitrogens with zero attached hydrogens (tertiary/aromatic N) is 3.